The number of carbonyl (C=O) groups excluding carboxylic acids is 2. The molecule has 4 fully saturated rings. The average Bonchev–Trinajstić information content (AvgIpc) is 2.71. The summed E-state index contributed by atoms with van der Waals surface area (Å²) in [6.45, 7) is 0.908. The predicted octanol–water partition coefficient (Wildman–Crippen LogP) is 1.84. The van der Waals surface area contributed by atoms with Gasteiger partial charge in [0.15, 0.2) is 0 Å². The molecule has 2 amide bonds. The van der Waals surface area contributed by atoms with Crippen LogP contribution in [0.5, 0.6) is 0 Å². The van der Waals surface area contributed by atoms with Crippen LogP contribution < -0.4 is 0 Å². The summed E-state index contributed by atoms with van der Waals surface area (Å²) in [5.74, 6) is 2.19. The molecule has 0 bridgehead atoms. The smallest absolute Gasteiger partial charge is 0.246 e. The first-order chi connectivity index (χ1) is 9.71. The second-order valence-electron chi connectivity index (χ2n) is 6.77. The molecule has 2 heterocycles. The molecule has 0 aromatic rings. The Labute approximate surface area is 124 Å². The zero-order chi connectivity index (χ0) is 13.7. The van der Waals surface area contributed by atoms with Crippen molar-refractivity contribution in [2.24, 2.45) is 5.92 Å². The minimum atomic E-state index is -0.175. The highest BCUT2D eigenvalue weighted by Gasteiger charge is 2.53. The number of carbonyl (C=O) groups is 2. The molecule has 5 heteroatoms. The monoisotopic (exact) mass is 294 g/mol. The molecular formula is C15H22N2O2S. The van der Waals surface area contributed by atoms with Gasteiger partial charge in [0.05, 0.1) is 5.88 Å². The summed E-state index contributed by atoms with van der Waals surface area (Å²) in [6.07, 6.45) is 8.00. The third-order valence-corrected chi connectivity index (χ3v) is 6.84. The first-order valence-electron chi connectivity index (χ1n) is 7.91. The Bertz CT molecular complexity index is 440. The molecule has 4 rings (SSSR count). The number of hydrogen-bond donors (Lipinski definition) is 0. The van der Waals surface area contributed by atoms with Crippen molar-refractivity contribution in [3.05, 3.63) is 0 Å². The van der Waals surface area contributed by atoms with Crippen LogP contribution in [0.3, 0.4) is 0 Å². The van der Waals surface area contributed by atoms with E-state index in [0.717, 1.165) is 25.1 Å². The fraction of sp³-hybridized carbons (Fsp3) is 0.867. The van der Waals surface area contributed by atoms with Gasteiger partial charge in [-0.15, -0.1) is 11.8 Å². The van der Waals surface area contributed by atoms with Gasteiger partial charge in [-0.05, 0) is 38.5 Å². The Hall–Kier alpha value is -0.710. The summed E-state index contributed by atoms with van der Waals surface area (Å²) < 4.78 is 0. The molecule has 2 saturated carbocycles. The molecule has 4 aliphatic rings. The Morgan fingerprint density at radius 3 is 2.35 bits per heavy atom. The Morgan fingerprint density at radius 2 is 1.85 bits per heavy atom. The van der Waals surface area contributed by atoms with Crippen molar-refractivity contribution >= 4 is 23.6 Å². The van der Waals surface area contributed by atoms with Crippen molar-refractivity contribution in [3.63, 3.8) is 0 Å². The lowest BCUT2D eigenvalue weighted by Crippen LogP contribution is -2.68. The fourth-order valence-electron chi connectivity index (χ4n) is 3.92. The fourth-order valence-corrected chi connectivity index (χ4v) is 5.08. The van der Waals surface area contributed by atoms with Gasteiger partial charge in [0.25, 0.3) is 0 Å². The van der Waals surface area contributed by atoms with E-state index in [0.29, 0.717) is 5.88 Å². The molecule has 2 aliphatic carbocycles. The third-order valence-electron chi connectivity index (χ3n) is 5.83. The van der Waals surface area contributed by atoms with Gasteiger partial charge in [0, 0.05) is 23.8 Å². The molecule has 110 valence electrons. The highest BCUT2D eigenvalue weighted by Crippen LogP contribution is 2.48. The van der Waals surface area contributed by atoms with E-state index < -0.39 is 0 Å². The second-order valence-corrected chi connectivity index (χ2v) is 7.77. The highest BCUT2D eigenvalue weighted by molar-refractivity contribution is 7.99. The SMILES string of the molecule is O=C(C1CCC1)N1CSCC1C(=O)N1CCC12CCC2. The highest BCUT2D eigenvalue weighted by atomic mass is 32.2. The van der Waals surface area contributed by atoms with E-state index in [2.05, 4.69) is 4.90 Å². The van der Waals surface area contributed by atoms with E-state index in [1.165, 1.54) is 32.1 Å². The largest absolute Gasteiger partial charge is 0.335 e. The maximum absolute atomic E-state index is 12.8. The maximum atomic E-state index is 12.8. The molecule has 2 saturated heterocycles. The van der Waals surface area contributed by atoms with Crippen LogP contribution in [0.1, 0.15) is 44.9 Å². The number of amides is 2. The van der Waals surface area contributed by atoms with E-state index in [1.54, 1.807) is 11.8 Å². The van der Waals surface area contributed by atoms with Crippen molar-refractivity contribution in [2.75, 3.05) is 18.2 Å². The van der Waals surface area contributed by atoms with Crippen molar-refractivity contribution in [1.82, 2.24) is 9.80 Å². The van der Waals surface area contributed by atoms with E-state index in [-0.39, 0.29) is 29.3 Å². The van der Waals surface area contributed by atoms with Crippen LogP contribution in [0.15, 0.2) is 0 Å². The van der Waals surface area contributed by atoms with Gasteiger partial charge in [-0.1, -0.05) is 6.42 Å². The molecule has 0 aromatic carbocycles. The lowest BCUT2D eigenvalue weighted by molar-refractivity contribution is -0.164. The van der Waals surface area contributed by atoms with E-state index in [4.69, 9.17) is 0 Å². The summed E-state index contributed by atoms with van der Waals surface area (Å²) in [6, 6.07) is -0.175. The number of rotatable bonds is 2. The van der Waals surface area contributed by atoms with Crippen LogP contribution in [0.25, 0.3) is 0 Å². The van der Waals surface area contributed by atoms with E-state index >= 15 is 0 Å². The average molecular weight is 294 g/mol. The molecule has 2 aliphatic heterocycles. The van der Waals surface area contributed by atoms with Gasteiger partial charge in [-0.2, -0.15) is 0 Å². The Balaban J connectivity index is 1.46. The van der Waals surface area contributed by atoms with Crippen LogP contribution in [-0.4, -0.2) is 51.4 Å². The first-order valence-corrected chi connectivity index (χ1v) is 9.06. The van der Waals surface area contributed by atoms with Gasteiger partial charge in [-0.3, -0.25) is 9.59 Å². The molecule has 1 unspecified atom stereocenters. The molecule has 0 radical (unpaired) electrons. The summed E-state index contributed by atoms with van der Waals surface area (Å²) in [5.41, 5.74) is 0.204. The third kappa shape index (κ3) is 1.74. The van der Waals surface area contributed by atoms with Gasteiger partial charge in [-0.25, -0.2) is 0 Å². The Kier molecular flexibility index (Phi) is 3.02. The number of likely N-dealkylation sites (tertiary alicyclic amines) is 1. The molecule has 0 aromatic heterocycles. The lowest BCUT2D eigenvalue weighted by atomic mass is 9.67. The second kappa shape index (κ2) is 4.65. The van der Waals surface area contributed by atoms with E-state index in [9.17, 15) is 9.59 Å². The maximum Gasteiger partial charge on any atom is 0.246 e. The van der Waals surface area contributed by atoms with Gasteiger partial charge in [0.1, 0.15) is 6.04 Å². The number of nitrogens with zero attached hydrogens (tertiary/aromatic N) is 2. The standard InChI is InChI=1S/C15H22N2O2S/c18-13(11-3-1-4-11)16-10-20-9-12(16)14(19)17-8-7-15(17)5-2-6-15/h11-12H,1-10H2. The molecular weight excluding hydrogens is 272 g/mol. The van der Waals surface area contributed by atoms with Gasteiger partial charge >= 0.3 is 0 Å². The molecule has 20 heavy (non-hydrogen) atoms. The summed E-state index contributed by atoms with van der Waals surface area (Å²) in [4.78, 5) is 29.2. The van der Waals surface area contributed by atoms with Crippen molar-refractivity contribution < 1.29 is 9.59 Å². The molecule has 1 atom stereocenters. The van der Waals surface area contributed by atoms with Gasteiger partial charge < -0.3 is 9.80 Å². The minimum Gasteiger partial charge on any atom is -0.335 e. The van der Waals surface area contributed by atoms with Crippen LogP contribution in [0.2, 0.25) is 0 Å². The van der Waals surface area contributed by atoms with Crippen LogP contribution in [-0.2, 0) is 9.59 Å². The molecule has 0 N–H and O–H groups in total. The normalized spacial score (nSPS) is 31.7. The van der Waals surface area contributed by atoms with E-state index in [1.807, 2.05) is 4.90 Å². The summed E-state index contributed by atoms with van der Waals surface area (Å²) in [7, 11) is 0. The first kappa shape index (κ1) is 13.0. The Morgan fingerprint density at radius 1 is 1.05 bits per heavy atom. The van der Waals surface area contributed by atoms with Crippen molar-refractivity contribution in [2.45, 2.75) is 56.5 Å². The predicted molar refractivity (Wildman–Crippen MR) is 78.2 cm³/mol. The van der Waals surface area contributed by atoms with Gasteiger partial charge in [0.2, 0.25) is 11.8 Å². The summed E-state index contributed by atoms with van der Waals surface area (Å²) in [5, 5.41) is 0. The molecule has 1 spiro atoms. The molecule has 4 nitrogen and oxygen atoms in total. The van der Waals surface area contributed by atoms with Crippen LogP contribution in [0, 0.1) is 5.92 Å². The zero-order valence-corrected chi connectivity index (χ0v) is 12.7. The lowest BCUT2D eigenvalue weighted by Gasteiger charge is -2.59. The zero-order valence-electron chi connectivity index (χ0n) is 11.8. The van der Waals surface area contributed by atoms with Crippen molar-refractivity contribution in [3.8, 4) is 0 Å². The van der Waals surface area contributed by atoms with Crippen LogP contribution in [0.4, 0.5) is 0 Å². The number of hydrogen-bond acceptors (Lipinski definition) is 3. The number of thioether (sulfide) groups is 1. The topological polar surface area (TPSA) is 40.6 Å². The quantitative estimate of drug-likeness (QED) is 0.780. The summed E-state index contributed by atoms with van der Waals surface area (Å²) >= 11 is 1.73. The van der Waals surface area contributed by atoms with Crippen LogP contribution >= 0.6 is 11.8 Å². The minimum absolute atomic E-state index is 0.175. The van der Waals surface area contributed by atoms with Crippen molar-refractivity contribution in [1.29, 1.82) is 0 Å².